The average Bonchev–Trinajstić information content (AvgIpc) is 2.57. The van der Waals surface area contributed by atoms with Gasteiger partial charge in [0.1, 0.15) is 5.82 Å². The van der Waals surface area contributed by atoms with Crippen LogP contribution in [-0.2, 0) is 6.54 Å². The molecule has 0 bridgehead atoms. The van der Waals surface area contributed by atoms with Crippen LogP contribution in [0, 0.1) is 5.82 Å². The van der Waals surface area contributed by atoms with Crippen LogP contribution in [0.3, 0.4) is 0 Å². The summed E-state index contributed by atoms with van der Waals surface area (Å²) >= 11 is 5.77. The number of hydrogen-bond donors (Lipinski definition) is 1. The van der Waals surface area contributed by atoms with Crippen LogP contribution in [0.1, 0.15) is 5.56 Å². The third-order valence-electron chi connectivity index (χ3n) is 3.48. The SMILES string of the molecule is Fc1ccc(NCc2ccc(-c3ccccc3)cc2)cc1Cl. The molecule has 22 heavy (non-hydrogen) atoms. The highest BCUT2D eigenvalue weighted by atomic mass is 35.5. The molecular formula is C19H15ClFN. The van der Waals surface area contributed by atoms with Gasteiger partial charge in [0, 0.05) is 12.2 Å². The topological polar surface area (TPSA) is 12.0 Å². The van der Waals surface area contributed by atoms with Gasteiger partial charge in [-0.25, -0.2) is 4.39 Å². The third-order valence-corrected chi connectivity index (χ3v) is 3.77. The summed E-state index contributed by atoms with van der Waals surface area (Å²) in [6, 6.07) is 23.3. The van der Waals surface area contributed by atoms with E-state index in [4.69, 9.17) is 11.6 Å². The van der Waals surface area contributed by atoms with Crippen molar-refractivity contribution in [2.75, 3.05) is 5.32 Å². The Morgan fingerprint density at radius 1 is 0.818 bits per heavy atom. The van der Waals surface area contributed by atoms with Crippen molar-refractivity contribution >= 4 is 17.3 Å². The second-order valence-corrected chi connectivity index (χ2v) is 5.45. The lowest BCUT2D eigenvalue weighted by atomic mass is 10.0. The van der Waals surface area contributed by atoms with Gasteiger partial charge in [0.05, 0.1) is 5.02 Å². The summed E-state index contributed by atoms with van der Waals surface area (Å²) in [5.41, 5.74) is 4.35. The zero-order valence-electron chi connectivity index (χ0n) is 11.9. The fraction of sp³-hybridized carbons (Fsp3) is 0.0526. The Hall–Kier alpha value is -2.32. The van der Waals surface area contributed by atoms with Crippen LogP contribution in [0.25, 0.3) is 11.1 Å². The first-order valence-corrected chi connectivity index (χ1v) is 7.43. The molecule has 3 rings (SSSR count). The minimum atomic E-state index is -0.403. The van der Waals surface area contributed by atoms with Crippen molar-refractivity contribution < 1.29 is 4.39 Å². The van der Waals surface area contributed by atoms with Crippen molar-refractivity contribution in [2.24, 2.45) is 0 Å². The van der Waals surface area contributed by atoms with E-state index in [1.54, 1.807) is 12.1 Å². The molecular weight excluding hydrogens is 297 g/mol. The summed E-state index contributed by atoms with van der Waals surface area (Å²) in [5.74, 6) is -0.403. The van der Waals surface area contributed by atoms with Crippen molar-refractivity contribution in [1.29, 1.82) is 0 Å². The van der Waals surface area contributed by atoms with Crippen molar-refractivity contribution in [3.05, 3.63) is 89.2 Å². The zero-order valence-corrected chi connectivity index (χ0v) is 12.6. The molecule has 0 saturated carbocycles. The number of nitrogens with one attached hydrogen (secondary N) is 1. The number of halogens is 2. The second-order valence-electron chi connectivity index (χ2n) is 5.05. The first kappa shape index (κ1) is 14.6. The second kappa shape index (κ2) is 6.63. The number of anilines is 1. The minimum Gasteiger partial charge on any atom is -0.381 e. The summed E-state index contributed by atoms with van der Waals surface area (Å²) in [5, 5.41) is 3.37. The van der Waals surface area contributed by atoms with E-state index < -0.39 is 5.82 Å². The fourth-order valence-corrected chi connectivity index (χ4v) is 2.44. The highest BCUT2D eigenvalue weighted by Gasteiger charge is 2.01. The molecule has 3 aromatic rings. The predicted molar refractivity (Wildman–Crippen MR) is 90.6 cm³/mol. The van der Waals surface area contributed by atoms with Crippen LogP contribution >= 0.6 is 11.6 Å². The summed E-state index contributed by atoms with van der Waals surface area (Å²) in [7, 11) is 0. The lowest BCUT2D eigenvalue weighted by Crippen LogP contribution is -1.99. The molecule has 0 atom stereocenters. The van der Waals surface area contributed by atoms with E-state index in [1.807, 2.05) is 18.2 Å². The van der Waals surface area contributed by atoms with Gasteiger partial charge in [-0.2, -0.15) is 0 Å². The predicted octanol–water partition coefficient (Wildman–Crippen LogP) is 5.76. The van der Waals surface area contributed by atoms with Crippen LogP contribution in [0.4, 0.5) is 10.1 Å². The molecule has 3 heteroatoms. The molecule has 0 saturated heterocycles. The maximum atomic E-state index is 13.1. The molecule has 1 N–H and O–H groups in total. The van der Waals surface area contributed by atoms with Gasteiger partial charge in [0.2, 0.25) is 0 Å². The van der Waals surface area contributed by atoms with E-state index in [9.17, 15) is 4.39 Å². The van der Waals surface area contributed by atoms with Gasteiger partial charge in [-0.05, 0) is 34.9 Å². The highest BCUT2D eigenvalue weighted by molar-refractivity contribution is 6.31. The quantitative estimate of drug-likeness (QED) is 0.646. The van der Waals surface area contributed by atoms with Crippen LogP contribution in [0.15, 0.2) is 72.8 Å². The van der Waals surface area contributed by atoms with Gasteiger partial charge in [-0.3, -0.25) is 0 Å². The Morgan fingerprint density at radius 2 is 1.50 bits per heavy atom. The maximum absolute atomic E-state index is 13.1. The molecule has 0 aromatic heterocycles. The zero-order chi connectivity index (χ0) is 15.4. The Balaban J connectivity index is 1.67. The largest absolute Gasteiger partial charge is 0.381 e. The minimum absolute atomic E-state index is 0.129. The molecule has 0 aliphatic carbocycles. The smallest absolute Gasteiger partial charge is 0.141 e. The maximum Gasteiger partial charge on any atom is 0.141 e. The molecule has 0 aliphatic heterocycles. The number of rotatable bonds is 4. The van der Waals surface area contributed by atoms with E-state index >= 15 is 0 Å². The normalized spacial score (nSPS) is 10.5. The van der Waals surface area contributed by atoms with Crippen LogP contribution < -0.4 is 5.32 Å². The Morgan fingerprint density at radius 3 is 2.18 bits per heavy atom. The average molecular weight is 312 g/mol. The third kappa shape index (κ3) is 3.46. The van der Waals surface area contributed by atoms with Crippen molar-refractivity contribution in [1.82, 2.24) is 0 Å². The van der Waals surface area contributed by atoms with E-state index in [1.165, 1.54) is 17.2 Å². The lowest BCUT2D eigenvalue weighted by molar-refractivity contribution is 0.628. The van der Waals surface area contributed by atoms with Crippen molar-refractivity contribution in [3.8, 4) is 11.1 Å². The van der Waals surface area contributed by atoms with Crippen molar-refractivity contribution in [2.45, 2.75) is 6.54 Å². The van der Waals surface area contributed by atoms with Crippen LogP contribution in [0.5, 0.6) is 0 Å². The highest BCUT2D eigenvalue weighted by Crippen LogP contribution is 2.21. The van der Waals surface area contributed by atoms with E-state index in [2.05, 4.69) is 41.7 Å². The molecule has 0 unspecified atom stereocenters. The van der Waals surface area contributed by atoms with Gasteiger partial charge in [0.15, 0.2) is 0 Å². The number of hydrogen-bond acceptors (Lipinski definition) is 1. The van der Waals surface area contributed by atoms with Gasteiger partial charge in [-0.15, -0.1) is 0 Å². The monoisotopic (exact) mass is 311 g/mol. The van der Waals surface area contributed by atoms with Crippen LogP contribution in [-0.4, -0.2) is 0 Å². The Bertz CT molecular complexity index is 754. The Labute approximate surface area is 134 Å². The molecule has 1 nitrogen and oxygen atoms in total. The first-order valence-electron chi connectivity index (χ1n) is 7.06. The molecule has 0 heterocycles. The molecule has 110 valence electrons. The molecule has 0 spiro atoms. The first-order chi connectivity index (χ1) is 10.7. The summed E-state index contributed by atoms with van der Waals surface area (Å²) in [6.07, 6.45) is 0. The van der Waals surface area contributed by atoms with Gasteiger partial charge in [0.25, 0.3) is 0 Å². The fourth-order valence-electron chi connectivity index (χ4n) is 2.26. The standard InChI is InChI=1S/C19H15ClFN/c20-18-12-17(10-11-19(18)21)22-13-14-6-8-16(9-7-14)15-4-2-1-3-5-15/h1-12,22H,13H2. The summed E-state index contributed by atoms with van der Waals surface area (Å²) in [4.78, 5) is 0. The van der Waals surface area contributed by atoms with E-state index in [0.29, 0.717) is 6.54 Å². The van der Waals surface area contributed by atoms with Crippen molar-refractivity contribution in [3.63, 3.8) is 0 Å². The van der Waals surface area contributed by atoms with Crippen LogP contribution in [0.2, 0.25) is 5.02 Å². The van der Waals surface area contributed by atoms with Gasteiger partial charge < -0.3 is 5.32 Å². The Kier molecular flexibility index (Phi) is 4.40. The lowest BCUT2D eigenvalue weighted by Gasteiger charge is -2.08. The molecule has 0 radical (unpaired) electrons. The summed E-state index contributed by atoms with van der Waals surface area (Å²) in [6.45, 7) is 0.664. The van der Waals surface area contributed by atoms with E-state index in [0.717, 1.165) is 11.3 Å². The molecule has 0 aliphatic rings. The van der Waals surface area contributed by atoms with Gasteiger partial charge in [-0.1, -0.05) is 66.2 Å². The molecule has 0 fully saturated rings. The summed E-state index contributed by atoms with van der Waals surface area (Å²) < 4.78 is 13.1. The molecule has 0 amide bonds. The number of benzene rings is 3. The van der Waals surface area contributed by atoms with Gasteiger partial charge >= 0.3 is 0 Å². The molecule has 3 aromatic carbocycles. The van der Waals surface area contributed by atoms with E-state index in [-0.39, 0.29) is 5.02 Å².